The van der Waals surface area contributed by atoms with Crippen molar-refractivity contribution in [2.75, 3.05) is 11.9 Å². The van der Waals surface area contributed by atoms with Crippen LogP contribution in [0.15, 0.2) is 23.1 Å². The average molecular weight is 250 g/mol. The Bertz CT molecular complexity index is 451. The lowest BCUT2D eigenvalue weighted by Gasteiger charge is -2.26. The fourth-order valence-corrected chi connectivity index (χ4v) is 2.77. The van der Waals surface area contributed by atoms with E-state index >= 15 is 0 Å². The number of fused-ring (bicyclic) bond motifs is 1. The SMILES string of the molecule is CC(C)(C)c1ccc2c(c1)SC(CN)C(=O)N2. The number of anilines is 1. The monoisotopic (exact) mass is 250 g/mol. The van der Waals surface area contributed by atoms with Crippen LogP contribution in [0.4, 0.5) is 5.69 Å². The van der Waals surface area contributed by atoms with Gasteiger partial charge in [0.1, 0.15) is 5.25 Å². The van der Waals surface area contributed by atoms with Crippen molar-refractivity contribution in [2.24, 2.45) is 5.73 Å². The quantitative estimate of drug-likeness (QED) is 0.804. The molecule has 0 aliphatic carbocycles. The summed E-state index contributed by atoms with van der Waals surface area (Å²) in [7, 11) is 0. The summed E-state index contributed by atoms with van der Waals surface area (Å²) in [6, 6.07) is 6.21. The first-order valence-electron chi connectivity index (χ1n) is 5.74. The topological polar surface area (TPSA) is 55.1 Å². The van der Waals surface area contributed by atoms with E-state index < -0.39 is 0 Å². The van der Waals surface area contributed by atoms with E-state index in [-0.39, 0.29) is 16.6 Å². The van der Waals surface area contributed by atoms with Gasteiger partial charge in [0.15, 0.2) is 0 Å². The van der Waals surface area contributed by atoms with Gasteiger partial charge in [-0.15, -0.1) is 11.8 Å². The standard InChI is InChI=1S/C13H18N2OS/c1-13(2,3)8-4-5-9-10(6-8)17-11(7-14)12(16)15-9/h4-6,11H,7,14H2,1-3H3,(H,15,16). The third-order valence-electron chi connectivity index (χ3n) is 2.88. The first-order valence-corrected chi connectivity index (χ1v) is 6.62. The van der Waals surface area contributed by atoms with Gasteiger partial charge in [0.2, 0.25) is 5.91 Å². The van der Waals surface area contributed by atoms with E-state index in [0.29, 0.717) is 6.54 Å². The largest absolute Gasteiger partial charge is 0.329 e. The van der Waals surface area contributed by atoms with Crippen molar-refractivity contribution in [1.82, 2.24) is 0 Å². The highest BCUT2D eigenvalue weighted by Gasteiger charge is 2.26. The molecular weight excluding hydrogens is 232 g/mol. The molecule has 1 atom stereocenters. The minimum absolute atomic E-state index is 0.00788. The molecule has 1 aromatic rings. The zero-order valence-corrected chi connectivity index (χ0v) is 11.2. The number of amides is 1. The van der Waals surface area contributed by atoms with E-state index in [1.807, 2.05) is 6.07 Å². The Morgan fingerprint density at radius 2 is 2.12 bits per heavy atom. The van der Waals surface area contributed by atoms with Gasteiger partial charge in [0, 0.05) is 11.4 Å². The van der Waals surface area contributed by atoms with Gasteiger partial charge in [0.25, 0.3) is 0 Å². The lowest BCUT2D eigenvalue weighted by atomic mass is 9.87. The van der Waals surface area contributed by atoms with Crippen molar-refractivity contribution in [2.45, 2.75) is 36.3 Å². The lowest BCUT2D eigenvalue weighted by molar-refractivity contribution is -0.115. The van der Waals surface area contributed by atoms with Crippen molar-refractivity contribution in [3.8, 4) is 0 Å². The maximum absolute atomic E-state index is 11.7. The zero-order chi connectivity index (χ0) is 12.6. The molecule has 92 valence electrons. The normalized spacial score (nSPS) is 19.8. The molecule has 3 nitrogen and oxygen atoms in total. The van der Waals surface area contributed by atoms with Crippen molar-refractivity contribution in [3.63, 3.8) is 0 Å². The van der Waals surface area contributed by atoms with Crippen LogP contribution >= 0.6 is 11.8 Å². The summed E-state index contributed by atoms with van der Waals surface area (Å²) in [5.74, 6) is 0.00788. The van der Waals surface area contributed by atoms with E-state index in [1.165, 1.54) is 5.56 Å². The van der Waals surface area contributed by atoms with Crippen LogP contribution in [-0.4, -0.2) is 17.7 Å². The number of carbonyl (C=O) groups is 1. The van der Waals surface area contributed by atoms with E-state index in [1.54, 1.807) is 11.8 Å². The molecule has 0 spiro atoms. The molecule has 2 rings (SSSR count). The van der Waals surface area contributed by atoms with E-state index in [9.17, 15) is 4.79 Å². The van der Waals surface area contributed by atoms with Crippen LogP contribution in [-0.2, 0) is 10.2 Å². The summed E-state index contributed by atoms with van der Waals surface area (Å²) in [5.41, 5.74) is 7.89. The van der Waals surface area contributed by atoms with Crippen LogP contribution in [0.2, 0.25) is 0 Å². The Hall–Kier alpha value is -1.00. The predicted octanol–water partition coefficient (Wildman–Crippen LogP) is 2.36. The summed E-state index contributed by atoms with van der Waals surface area (Å²) < 4.78 is 0. The van der Waals surface area contributed by atoms with Crippen LogP contribution < -0.4 is 11.1 Å². The van der Waals surface area contributed by atoms with Crippen LogP contribution in [0, 0.1) is 0 Å². The predicted molar refractivity (Wildman–Crippen MR) is 72.5 cm³/mol. The lowest BCUT2D eigenvalue weighted by Crippen LogP contribution is -2.34. The highest BCUT2D eigenvalue weighted by molar-refractivity contribution is 8.01. The van der Waals surface area contributed by atoms with E-state index in [2.05, 4.69) is 38.2 Å². The van der Waals surface area contributed by atoms with Gasteiger partial charge in [-0.2, -0.15) is 0 Å². The molecule has 0 saturated heterocycles. The van der Waals surface area contributed by atoms with Crippen molar-refractivity contribution < 1.29 is 4.79 Å². The van der Waals surface area contributed by atoms with Crippen LogP contribution in [0.1, 0.15) is 26.3 Å². The van der Waals surface area contributed by atoms with Gasteiger partial charge in [-0.1, -0.05) is 26.8 Å². The molecule has 17 heavy (non-hydrogen) atoms. The minimum atomic E-state index is -0.169. The Balaban J connectivity index is 2.37. The summed E-state index contributed by atoms with van der Waals surface area (Å²) in [4.78, 5) is 12.8. The number of nitrogens with one attached hydrogen (secondary N) is 1. The van der Waals surface area contributed by atoms with Gasteiger partial charge in [-0.25, -0.2) is 0 Å². The summed E-state index contributed by atoms with van der Waals surface area (Å²) in [5, 5.41) is 2.73. The summed E-state index contributed by atoms with van der Waals surface area (Å²) in [6.45, 7) is 6.92. The number of hydrogen-bond acceptors (Lipinski definition) is 3. The molecular formula is C13H18N2OS. The molecule has 3 N–H and O–H groups in total. The second-order valence-electron chi connectivity index (χ2n) is 5.29. The number of carbonyl (C=O) groups excluding carboxylic acids is 1. The average Bonchev–Trinajstić information content (AvgIpc) is 2.26. The smallest absolute Gasteiger partial charge is 0.239 e. The van der Waals surface area contributed by atoms with Crippen LogP contribution in [0.3, 0.4) is 0 Å². The molecule has 1 heterocycles. The molecule has 1 aliphatic heterocycles. The zero-order valence-electron chi connectivity index (χ0n) is 10.4. The van der Waals surface area contributed by atoms with Crippen molar-refractivity contribution in [3.05, 3.63) is 23.8 Å². The van der Waals surface area contributed by atoms with Gasteiger partial charge >= 0.3 is 0 Å². The highest BCUT2D eigenvalue weighted by atomic mass is 32.2. The number of thioether (sulfide) groups is 1. The molecule has 1 amide bonds. The van der Waals surface area contributed by atoms with E-state index in [0.717, 1.165) is 10.6 Å². The minimum Gasteiger partial charge on any atom is -0.329 e. The molecule has 0 saturated carbocycles. The molecule has 1 aromatic carbocycles. The molecule has 0 fully saturated rings. The van der Waals surface area contributed by atoms with Gasteiger partial charge in [-0.3, -0.25) is 4.79 Å². The first kappa shape index (κ1) is 12.5. The maximum atomic E-state index is 11.7. The molecule has 0 bridgehead atoms. The Morgan fingerprint density at radius 3 is 2.71 bits per heavy atom. The molecule has 0 aromatic heterocycles. The highest BCUT2D eigenvalue weighted by Crippen LogP contribution is 2.38. The van der Waals surface area contributed by atoms with Crippen molar-refractivity contribution >= 4 is 23.4 Å². The van der Waals surface area contributed by atoms with Crippen LogP contribution in [0.5, 0.6) is 0 Å². The fourth-order valence-electron chi connectivity index (χ4n) is 1.76. The molecule has 0 radical (unpaired) electrons. The molecule has 1 unspecified atom stereocenters. The van der Waals surface area contributed by atoms with Crippen molar-refractivity contribution in [1.29, 1.82) is 0 Å². The first-order chi connectivity index (χ1) is 7.91. The second kappa shape index (κ2) is 4.35. The third kappa shape index (κ3) is 2.48. The van der Waals surface area contributed by atoms with Gasteiger partial charge < -0.3 is 11.1 Å². The summed E-state index contributed by atoms with van der Waals surface area (Å²) >= 11 is 1.56. The Kier molecular flexibility index (Phi) is 3.19. The Morgan fingerprint density at radius 1 is 1.41 bits per heavy atom. The number of benzene rings is 1. The Labute approximate surface area is 106 Å². The maximum Gasteiger partial charge on any atom is 0.239 e. The fraction of sp³-hybridized carbons (Fsp3) is 0.462. The van der Waals surface area contributed by atoms with Crippen LogP contribution in [0.25, 0.3) is 0 Å². The number of rotatable bonds is 1. The molecule has 4 heteroatoms. The third-order valence-corrected chi connectivity index (χ3v) is 4.16. The summed E-state index contributed by atoms with van der Waals surface area (Å²) in [6.07, 6.45) is 0. The van der Waals surface area contributed by atoms with E-state index in [4.69, 9.17) is 5.73 Å². The van der Waals surface area contributed by atoms with Gasteiger partial charge in [0.05, 0.1) is 5.69 Å². The van der Waals surface area contributed by atoms with Gasteiger partial charge in [-0.05, 0) is 23.1 Å². The second-order valence-corrected chi connectivity index (χ2v) is 6.54. The number of hydrogen-bond donors (Lipinski definition) is 2. The molecule has 1 aliphatic rings. The number of nitrogens with two attached hydrogens (primary N) is 1.